The molecular weight excluding hydrogens is 284 g/mol. The van der Waals surface area contributed by atoms with E-state index in [0.29, 0.717) is 24.0 Å². The maximum atomic E-state index is 12.9. The van der Waals surface area contributed by atoms with E-state index in [1.54, 1.807) is 7.11 Å². The minimum absolute atomic E-state index is 0.0851. The Hall–Kier alpha value is -1.57. The van der Waals surface area contributed by atoms with Gasteiger partial charge < -0.3 is 4.74 Å². The number of ketones is 1. The molecule has 0 saturated heterocycles. The summed E-state index contributed by atoms with van der Waals surface area (Å²) in [6.45, 7) is 9.28. The first-order valence-corrected chi connectivity index (χ1v) is 8.68. The van der Waals surface area contributed by atoms with Crippen molar-refractivity contribution < 1.29 is 9.53 Å². The highest BCUT2D eigenvalue weighted by Gasteiger charge is 2.69. The van der Waals surface area contributed by atoms with Gasteiger partial charge in [0.1, 0.15) is 11.5 Å². The van der Waals surface area contributed by atoms with Gasteiger partial charge in [-0.05, 0) is 60.6 Å². The summed E-state index contributed by atoms with van der Waals surface area (Å²) in [6.07, 6.45) is 1.85. The fourth-order valence-corrected chi connectivity index (χ4v) is 6.24. The zero-order chi connectivity index (χ0) is 16.6. The van der Waals surface area contributed by atoms with E-state index in [9.17, 15) is 4.79 Å². The molecule has 0 aliphatic heterocycles. The molecule has 2 nitrogen and oxygen atoms in total. The summed E-state index contributed by atoms with van der Waals surface area (Å²) in [5, 5.41) is 0. The summed E-state index contributed by atoms with van der Waals surface area (Å²) in [4.78, 5) is 12.9. The second-order valence-electron chi connectivity index (χ2n) is 8.32. The topological polar surface area (TPSA) is 26.3 Å². The average molecular weight is 310 g/mol. The summed E-state index contributed by atoms with van der Waals surface area (Å²) in [5.74, 6) is 2.38. The van der Waals surface area contributed by atoms with E-state index >= 15 is 0 Å². The first-order chi connectivity index (χ1) is 10.8. The standard InChI is InChI=1S/C21H26O2/c1-12-13(2)21(4)11-20(12,3)18-16(10-17(22)19(18)21)14-6-8-15(23-5)9-7-14/h6-9,16,18-19H,10-11H2,1-5H3/t16-,18-,19+,20?,21?/m1/s1. The molecule has 0 aromatic heterocycles. The van der Waals surface area contributed by atoms with E-state index in [1.165, 1.54) is 16.7 Å². The molecule has 5 atom stereocenters. The zero-order valence-electron chi connectivity index (χ0n) is 14.8. The van der Waals surface area contributed by atoms with Crippen molar-refractivity contribution in [2.75, 3.05) is 7.11 Å². The van der Waals surface area contributed by atoms with Crippen molar-refractivity contribution in [3.05, 3.63) is 41.0 Å². The molecule has 2 bridgehead atoms. The number of fused-ring (bicyclic) bond motifs is 5. The minimum Gasteiger partial charge on any atom is -0.497 e. The Morgan fingerprint density at radius 3 is 2.26 bits per heavy atom. The van der Waals surface area contributed by atoms with Gasteiger partial charge in [-0.1, -0.05) is 37.1 Å². The van der Waals surface area contributed by atoms with Crippen molar-refractivity contribution in [3.8, 4) is 5.75 Å². The Labute approximate surface area is 138 Å². The summed E-state index contributed by atoms with van der Waals surface area (Å²) in [7, 11) is 1.69. The van der Waals surface area contributed by atoms with Gasteiger partial charge in [0.05, 0.1) is 7.11 Å². The highest BCUT2D eigenvalue weighted by Crippen LogP contribution is 2.74. The van der Waals surface area contributed by atoms with Gasteiger partial charge in [-0.25, -0.2) is 0 Å². The normalized spacial score (nSPS) is 41.6. The van der Waals surface area contributed by atoms with Crippen LogP contribution >= 0.6 is 0 Å². The van der Waals surface area contributed by atoms with Gasteiger partial charge >= 0.3 is 0 Å². The maximum absolute atomic E-state index is 12.9. The fraction of sp³-hybridized carbons (Fsp3) is 0.571. The molecule has 0 radical (unpaired) electrons. The van der Waals surface area contributed by atoms with E-state index in [1.807, 2.05) is 12.1 Å². The van der Waals surface area contributed by atoms with Crippen molar-refractivity contribution in [3.63, 3.8) is 0 Å². The van der Waals surface area contributed by atoms with Gasteiger partial charge in [-0.2, -0.15) is 0 Å². The van der Waals surface area contributed by atoms with Gasteiger partial charge in [0.2, 0.25) is 0 Å². The molecule has 1 aromatic carbocycles. The lowest BCUT2D eigenvalue weighted by Crippen LogP contribution is -2.35. The maximum Gasteiger partial charge on any atom is 0.137 e. The van der Waals surface area contributed by atoms with Gasteiger partial charge in [-0.3, -0.25) is 4.79 Å². The Kier molecular flexibility index (Phi) is 2.93. The number of carbonyl (C=O) groups excluding carboxylic acids is 1. The molecule has 2 unspecified atom stereocenters. The molecule has 2 saturated carbocycles. The van der Waals surface area contributed by atoms with Crippen LogP contribution in [0.25, 0.3) is 0 Å². The largest absolute Gasteiger partial charge is 0.497 e. The van der Waals surface area contributed by atoms with Crippen LogP contribution in [0.15, 0.2) is 35.4 Å². The molecule has 2 heteroatoms. The highest BCUT2D eigenvalue weighted by molar-refractivity contribution is 5.88. The van der Waals surface area contributed by atoms with Gasteiger partial charge in [0.15, 0.2) is 0 Å². The van der Waals surface area contributed by atoms with E-state index in [-0.39, 0.29) is 16.7 Å². The molecule has 0 heterocycles. The fourth-order valence-electron chi connectivity index (χ4n) is 6.24. The van der Waals surface area contributed by atoms with E-state index in [2.05, 4.69) is 39.8 Å². The quantitative estimate of drug-likeness (QED) is 0.737. The molecule has 0 N–H and O–H groups in total. The second-order valence-corrected chi connectivity index (χ2v) is 8.32. The lowest BCUT2D eigenvalue weighted by molar-refractivity contribution is -0.123. The summed E-state index contributed by atoms with van der Waals surface area (Å²) in [5.41, 5.74) is 4.58. The summed E-state index contributed by atoms with van der Waals surface area (Å²) < 4.78 is 5.28. The molecule has 122 valence electrons. The molecule has 2 fully saturated rings. The van der Waals surface area contributed by atoms with E-state index in [0.717, 1.165) is 12.2 Å². The van der Waals surface area contributed by atoms with Crippen molar-refractivity contribution >= 4 is 5.78 Å². The second kappa shape index (κ2) is 4.49. The zero-order valence-corrected chi connectivity index (χ0v) is 14.8. The number of hydrogen-bond donors (Lipinski definition) is 0. The minimum atomic E-state index is 0.0851. The smallest absolute Gasteiger partial charge is 0.137 e. The van der Waals surface area contributed by atoms with Crippen LogP contribution in [0.2, 0.25) is 0 Å². The van der Waals surface area contributed by atoms with Crippen molar-refractivity contribution in [2.24, 2.45) is 22.7 Å². The van der Waals surface area contributed by atoms with Crippen LogP contribution in [-0.4, -0.2) is 12.9 Å². The van der Waals surface area contributed by atoms with Crippen molar-refractivity contribution in [1.29, 1.82) is 0 Å². The number of hydrogen-bond acceptors (Lipinski definition) is 2. The van der Waals surface area contributed by atoms with Crippen LogP contribution in [0.3, 0.4) is 0 Å². The lowest BCUT2D eigenvalue weighted by Gasteiger charge is -2.39. The Morgan fingerprint density at radius 2 is 1.65 bits per heavy atom. The molecule has 1 aromatic rings. The Bertz CT molecular complexity index is 714. The first-order valence-electron chi connectivity index (χ1n) is 8.68. The number of ether oxygens (including phenoxy) is 1. The predicted molar refractivity (Wildman–Crippen MR) is 91.5 cm³/mol. The van der Waals surface area contributed by atoms with Crippen molar-refractivity contribution in [1.82, 2.24) is 0 Å². The Morgan fingerprint density at radius 1 is 1.04 bits per heavy atom. The number of allylic oxidation sites excluding steroid dienone is 2. The number of carbonyl (C=O) groups is 1. The average Bonchev–Trinajstić information content (AvgIpc) is 3.08. The first kappa shape index (κ1) is 15.0. The van der Waals surface area contributed by atoms with E-state index in [4.69, 9.17) is 4.74 Å². The summed E-state index contributed by atoms with van der Waals surface area (Å²) in [6, 6.07) is 8.36. The molecular formula is C21H26O2. The highest BCUT2D eigenvalue weighted by atomic mass is 16.5. The summed E-state index contributed by atoms with van der Waals surface area (Å²) >= 11 is 0. The van der Waals surface area contributed by atoms with E-state index < -0.39 is 0 Å². The van der Waals surface area contributed by atoms with Crippen LogP contribution in [0.1, 0.15) is 52.0 Å². The van der Waals surface area contributed by atoms with Crippen LogP contribution in [0, 0.1) is 22.7 Å². The SMILES string of the molecule is COc1ccc([C@H]2CC(=O)[C@H]3[C@@H]2C2(C)CC3(C)C(C)=C2C)cc1. The molecule has 3 aliphatic rings. The monoisotopic (exact) mass is 310 g/mol. The van der Waals surface area contributed by atoms with Crippen LogP contribution in [0.5, 0.6) is 5.75 Å². The third kappa shape index (κ3) is 1.67. The van der Waals surface area contributed by atoms with Crippen LogP contribution in [-0.2, 0) is 4.79 Å². The van der Waals surface area contributed by atoms with Gasteiger partial charge in [0, 0.05) is 12.3 Å². The number of rotatable bonds is 2. The molecule has 3 aliphatic carbocycles. The predicted octanol–water partition coefficient (Wildman–Crippen LogP) is 4.75. The third-order valence-corrected chi connectivity index (χ3v) is 7.54. The molecule has 4 rings (SSSR count). The molecule has 0 amide bonds. The Balaban J connectivity index is 1.80. The lowest BCUT2D eigenvalue weighted by atomic mass is 9.64. The van der Waals surface area contributed by atoms with Crippen LogP contribution < -0.4 is 4.74 Å². The van der Waals surface area contributed by atoms with Crippen molar-refractivity contribution in [2.45, 2.75) is 46.5 Å². The van der Waals surface area contributed by atoms with Gasteiger partial charge in [0.25, 0.3) is 0 Å². The number of Topliss-reactive ketones (excluding diaryl/α,β-unsaturated/α-hetero) is 1. The third-order valence-electron chi connectivity index (χ3n) is 7.54. The van der Waals surface area contributed by atoms with Gasteiger partial charge in [-0.15, -0.1) is 0 Å². The van der Waals surface area contributed by atoms with Crippen LogP contribution in [0.4, 0.5) is 0 Å². The molecule has 0 spiro atoms. The molecule has 23 heavy (non-hydrogen) atoms. The number of methoxy groups -OCH3 is 1. The number of benzene rings is 1.